The maximum Gasteiger partial charge on any atom is 0.389 e. The van der Waals surface area contributed by atoms with Crippen molar-refractivity contribution >= 4 is 17.5 Å². The van der Waals surface area contributed by atoms with Gasteiger partial charge in [0.2, 0.25) is 11.2 Å². The lowest BCUT2D eigenvalue weighted by Crippen LogP contribution is -2.12. The van der Waals surface area contributed by atoms with Gasteiger partial charge < -0.3 is 10.1 Å². The molecule has 0 aliphatic carbocycles. The van der Waals surface area contributed by atoms with Gasteiger partial charge in [-0.25, -0.2) is 0 Å². The first-order valence-electron chi connectivity index (χ1n) is 6.15. The fourth-order valence-corrected chi connectivity index (χ4v) is 1.48. The maximum absolute atomic E-state index is 11.9. The highest BCUT2D eigenvalue weighted by atomic mass is 35.5. The summed E-state index contributed by atoms with van der Waals surface area (Å²) in [7, 11) is 0. The van der Waals surface area contributed by atoms with Crippen LogP contribution in [0.4, 0.5) is 19.1 Å². The van der Waals surface area contributed by atoms with Gasteiger partial charge in [-0.1, -0.05) is 0 Å². The van der Waals surface area contributed by atoms with E-state index in [0.717, 1.165) is 0 Å². The second-order valence-electron chi connectivity index (χ2n) is 4.38. The molecule has 0 atom stereocenters. The van der Waals surface area contributed by atoms with E-state index in [-0.39, 0.29) is 29.8 Å². The molecule has 0 amide bonds. The number of nitrogens with one attached hydrogen (secondary N) is 1. The van der Waals surface area contributed by atoms with Crippen LogP contribution < -0.4 is 10.1 Å². The molecule has 1 aromatic rings. The quantitative estimate of drug-likeness (QED) is 0.781. The van der Waals surface area contributed by atoms with Crippen LogP contribution >= 0.6 is 11.6 Å². The van der Waals surface area contributed by atoms with Crippen molar-refractivity contribution in [2.45, 2.75) is 45.4 Å². The van der Waals surface area contributed by atoms with Crippen LogP contribution in [0.2, 0.25) is 5.28 Å². The molecule has 0 fully saturated rings. The summed E-state index contributed by atoms with van der Waals surface area (Å²) in [4.78, 5) is 11.6. The third kappa shape index (κ3) is 7.32. The van der Waals surface area contributed by atoms with Crippen LogP contribution in [0.25, 0.3) is 0 Å². The third-order valence-electron chi connectivity index (χ3n) is 2.10. The SMILES string of the molecule is CC(C)Oc1nc(Cl)nc(NCCCCC(F)(F)F)n1. The molecular formula is C11H16ClF3N4O. The van der Waals surface area contributed by atoms with E-state index in [1.807, 2.05) is 13.8 Å². The molecule has 1 rings (SSSR count). The Bertz CT molecular complexity index is 429. The molecule has 9 heteroatoms. The third-order valence-corrected chi connectivity index (χ3v) is 2.27. The molecule has 1 N–H and O–H groups in total. The average molecular weight is 313 g/mol. The minimum Gasteiger partial charge on any atom is -0.461 e. The standard InChI is InChI=1S/C11H16ClF3N4O/c1-7(2)20-10-18-8(12)17-9(19-10)16-6-4-3-5-11(13,14)15/h7H,3-6H2,1-2H3,(H,16,17,18,19). The van der Waals surface area contributed by atoms with Crippen LogP contribution in [0.1, 0.15) is 33.1 Å². The molecule has 0 aliphatic heterocycles. The fraction of sp³-hybridized carbons (Fsp3) is 0.727. The molecule has 114 valence electrons. The molecule has 0 spiro atoms. The van der Waals surface area contributed by atoms with Crippen molar-refractivity contribution in [2.75, 3.05) is 11.9 Å². The monoisotopic (exact) mass is 312 g/mol. The van der Waals surface area contributed by atoms with Gasteiger partial charge in [0.25, 0.3) is 0 Å². The van der Waals surface area contributed by atoms with Crippen LogP contribution in [0.3, 0.4) is 0 Å². The molecular weight excluding hydrogens is 297 g/mol. The van der Waals surface area contributed by atoms with Gasteiger partial charge in [-0.3, -0.25) is 0 Å². The smallest absolute Gasteiger partial charge is 0.389 e. The number of halogens is 4. The highest BCUT2D eigenvalue weighted by Crippen LogP contribution is 2.22. The molecule has 1 aromatic heterocycles. The first kappa shape index (κ1) is 16.7. The van der Waals surface area contributed by atoms with Gasteiger partial charge >= 0.3 is 12.2 Å². The molecule has 5 nitrogen and oxygen atoms in total. The summed E-state index contributed by atoms with van der Waals surface area (Å²) in [6.45, 7) is 3.93. The van der Waals surface area contributed by atoms with Gasteiger partial charge in [-0.2, -0.15) is 28.1 Å². The first-order chi connectivity index (χ1) is 9.26. The molecule has 20 heavy (non-hydrogen) atoms. The van der Waals surface area contributed by atoms with E-state index in [4.69, 9.17) is 16.3 Å². The van der Waals surface area contributed by atoms with Crippen LogP contribution in [-0.2, 0) is 0 Å². The van der Waals surface area contributed by atoms with Gasteiger partial charge in [0.1, 0.15) is 0 Å². The fourth-order valence-electron chi connectivity index (χ4n) is 1.33. The first-order valence-corrected chi connectivity index (χ1v) is 6.53. The highest BCUT2D eigenvalue weighted by Gasteiger charge is 2.25. The molecule has 1 heterocycles. The zero-order valence-corrected chi connectivity index (χ0v) is 11.9. The number of ether oxygens (including phenoxy) is 1. The Morgan fingerprint density at radius 1 is 1.20 bits per heavy atom. The van der Waals surface area contributed by atoms with Crippen molar-refractivity contribution in [3.63, 3.8) is 0 Å². The Hall–Kier alpha value is -1.31. The summed E-state index contributed by atoms with van der Waals surface area (Å²) < 4.78 is 41.1. The molecule has 0 aromatic carbocycles. The number of rotatable bonds is 7. The number of alkyl halides is 3. The second kappa shape index (κ2) is 7.47. The average Bonchev–Trinajstić information content (AvgIpc) is 2.25. The summed E-state index contributed by atoms with van der Waals surface area (Å²) in [6.07, 6.45) is -4.63. The number of nitrogens with zero attached hydrogens (tertiary/aromatic N) is 3. The summed E-state index contributed by atoms with van der Waals surface area (Å²) in [6, 6.07) is 0.0813. The normalized spacial score (nSPS) is 11.8. The van der Waals surface area contributed by atoms with Gasteiger partial charge in [-0.05, 0) is 38.3 Å². The zero-order valence-electron chi connectivity index (χ0n) is 11.2. The second-order valence-corrected chi connectivity index (χ2v) is 4.71. The predicted octanol–water partition coefficient (Wildman–Crippen LogP) is 3.46. The van der Waals surface area contributed by atoms with Crippen molar-refractivity contribution in [1.29, 1.82) is 0 Å². The van der Waals surface area contributed by atoms with Crippen molar-refractivity contribution in [2.24, 2.45) is 0 Å². The lowest BCUT2D eigenvalue weighted by atomic mass is 10.2. The maximum atomic E-state index is 11.9. The number of hydrogen-bond acceptors (Lipinski definition) is 5. The van der Waals surface area contributed by atoms with Crippen LogP contribution in [0, 0.1) is 0 Å². The minimum atomic E-state index is -4.12. The van der Waals surface area contributed by atoms with Gasteiger partial charge in [0.05, 0.1) is 6.10 Å². The predicted molar refractivity (Wildman–Crippen MR) is 69.0 cm³/mol. The molecule has 0 unspecified atom stereocenters. The van der Waals surface area contributed by atoms with Crippen molar-refractivity contribution in [3.8, 4) is 6.01 Å². The highest BCUT2D eigenvalue weighted by molar-refractivity contribution is 6.28. The van der Waals surface area contributed by atoms with Gasteiger partial charge in [0, 0.05) is 13.0 Å². The van der Waals surface area contributed by atoms with E-state index in [1.165, 1.54) is 0 Å². The molecule has 0 saturated heterocycles. The van der Waals surface area contributed by atoms with Crippen LogP contribution in [-0.4, -0.2) is 33.8 Å². The lowest BCUT2D eigenvalue weighted by molar-refractivity contribution is -0.135. The summed E-state index contributed by atoms with van der Waals surface area (Å²) in [5.74, 6) is 0.188. The van der Waals surface area contributed by atoms with E-state index in [1.54, 1.807) is 0 Å². The summed E-state index contributed by atoms with van der Waals surface area (Å²) in [5.41, 5.74) is 0. The zero-order chi connectivity index (χ0) is 15.2. The molecule has 0 aliphatic rings. The lowest BCUT2D eigenvalue weighted by Gasteiger charge is -2.10. The Morgan fingerprint density at radius 3 is 2.50 bits per heavy atom. The van der Waals surface area contributed by atoms with Gasteiger partial charge in [-0.15, -0.1) is 0 Å². The number of unbranched alkanes of at least 4 members (excludes halogenated alkanes) is 1. The van der Waals surface area contributed by atoms with Crippen molar-refractivity contribution < 1.29 is 17.9 Å². The van der Waals surface area contributed by atoms with Crippen LogP contribution in [0.5, 0.6) is 6.01 Å². The number of anilines is 1. The van der Waals surface area contributed by atoms with Gasteiger partial charge in [0.15, 0.2) is 0 Å². The van der Waals surface area contributed by atoms with E-state index in [9.17, 15) is 13.2 Å². The Morgan fingerprint density at radius 2 is 1.90 bits per heavy atom. The largest absolute Gasteiger partial charge is 0.461 e. The summed E-state index contributed by atoms with van der Waals surface area (Å²) >= 11 is 5.70. The van der Waals surface area contributed by atoms with E-state index < -0.39 is 12.6 Å². The molecule has 0 saturated carbocycles. The number of aromatic nitrogens is 3. The number of hydrogen-bond donors (Lipinski definition) is 1. The molecule has 0 radical (unpaired) electrons. The minimum absolute atomic E-state index is 0.0339. The summed E-state index contributed by atoms with van der Waals surface area (Å²) in [5, 5.41) is 2.76. The van der Waals surface area contributed by atoms with Crippen molar-refractivity contribution in [3.05, 3.63) is 5.28 Å². The Labute approximate surface area is 119 Å². The van der Waals surface area contributed by atoms with E-state index in [0.29, 0.717) is 13.0 Å². The topological polar surface area (TPSA) is 59.9 Å². The Kier molecular flexibility index (Phi) is 6.25. The van der Waals surface area contributed by atoms with E-state index >= 15 is 0 Å². The Balaban J connectivity index is 2.41. The molecule has 0 bridgehead atoms. The van der Waals surface area contributed by atoms with E-state index in [2.05, 4.69) is 20.3 Å². The van der Waals surface area contributed by atoms with Crippen molar-refractivity contribution in [1.82, 2.24) is 15.0 Å². The van der Waals surface area contributed by atoms with Crippen LogP contribution in [0.15, 0.2) is 0 Å².